The Morgan fingerprint density at radius 2 is 2.24 bits per heavy atom. The Morgan fingerprint density at radius 3 is 2.76 bits per heavy atom. The van der Waals surface area contributed by atoms with Crippen LogP contribution in [0.5, 0.6) is 0 Å². The molecule has 0 aliphatic heterocycles. The lowest BCUT2D eigenvalue weighted by atomic mass is 10.2. The number of nitrogens with two attached hydrogens (primary N) is 1. The van der Waals surface area contributed by atoms with Crippen molar-refractivity contribution in [2.24, 2.45) is 5.73 Å². The molecule has 0 saturated heterocycles. The largest absolute Gasteiger partial charge is 0.464 e. The summed E-state index contributed by atoms with van der Waals surface area (Å²) >= 11 is 0. The molecular weight excluding hydrogens is 224 g/mol. The number of rotatable bonds is 6. The lowest BCUT2D eigenvalue weighted by Gasteiger charge is -2.13. The first-order valence-electron chi connectivity index (χ1n) is 5.37. The summed E-state index contributed by atoms with van der Waals surface area (Å²) in [7, 11) is 2.92. The summed E-state index contributed by atoms with van der Waals surface area (Å²) in [5.41, 5.74) is 6.43. The standard InChI is InChI=1S/C10H18N4O3/c1-7(6-16-2)14-8(4-5-11)9(12-13-14)10(15)17-3/h7H,4-6,11H2,1-3H3. The fourth-order valence-electron chi connectivity index (χ4n) is 1.60. The number of nitrogens with zero attached hydrogens (tertiary/aromatic N) is 3. The minimum absolute atomic E-state index is 0.00699. The van der Waals surface area contributed by atoms with Crippen LogP contribution in [0.2, 0.25) is 0 Å². The summed E-state index contributed by atoms with van der Waals surface area (Å²) < 4.78 is 11.4. The van der Waals surface area contributed by atoms with Crippen molar-refractivity contribution in [3.63, 3.8) is 0 Å². The molecule has 0 saturated carbocycles. The van der Waals surface area contributed by atoms with Crippen molar-refractivity contribution in [1.82, 2.24) is 15.0 Å². The van der Waals surface area contributed by atoms with Gasteiger partial charge in [0.2, 0.25) is 0 Å². The molecule has 1 aromatic heterocycles. The van der Waals surface area contributed by atoms with E-state index < -0.39 is 5.97 Å². The Morgan fingerprint density at radius 1 is 1.53 bits per heavy atom. The first-order chi connectivity index (χ1) is 8.15. The van der Waals surface area contributed by atoms with Crippen molar-refractivity contribution in [2.45, 2.75) is 19.4 Å². The molecule has 0 spiro atoms. The van der Waals surface area contributed by atoms with Gasteiger partial charge in [-0.25, -0.2) is 9.48 Å². The van der Waals surface area contributed by atoms with E-state index in [2.05, 4.69) is 15.0 Å². The van der Waals surface area contributed by atoms with Gasteiger partial charge in [-0.2, -0.15) is 0 Å². The van der Waals surface area contributed by atoms with E-state index in [-0.39, 0.29) is 11.7 Å². The number of hydrogen-bond donors (Lipinski definition) is 1. The van der Waals surface area contributed by atoms with E-state index in [0.717, 1.165) is 0 Å². The van der Waals surface area contributed by atoms with E-state index in [4.69, 9.17) is 10.5 Å². The van der Waals surface area contributed by atoms with E-state index in [1.807, 2.05) is 6.92 Å². The maximum atomic E-state index is 11.5. The van der Waals surface area contributed by atoms with Gasteiger partial charge in [-0.1, -0.05) is 5.21 Å². The summed E-state index contributed by atoms with van der Waals surface area (Å²) in [6, 6.07) is -0.00699. The SMILES string of the molecule is COCC(C)n1nnc(C(=O)OC)c1CCN. The molecule has 0 fully saturated rings. The van der Waals surface area contributed by atoms with E-state index in [1.54, 1.807) is 11.8 Å². The van der Waals surface area contributed by atoms with Crippen molar-refractivity contribution in [2.75, 3.05) is 27.4 Å². The van der Waals surface area contributed by atoms with Gasteiger partial charge in [0.15, 0.2) is 5.69 Å². The monoisotopic (exact) mass is 242 g/mol. The van der Waals surface area contributed by atoms with E-state index >= 15 is 0 Å². The molecule has 96 valence electrons. The fraction of sp³-hybridized carbons (Fsp3) is 0.700. The Labute approximate surface area is 99.9 Å². The number of aromatic nitrogens is 3. The second-order valence-corrected chi connectivity index (χ2v) is 3.66. The first-order valence-corrected chi connectivity index (χ1v) is 5.37. The Balaban J connectivity index is 3.05. The van der Waals surface area contributed by atoms with E-state index in [9.17, 15) is 4.79 Å². The van der Waals surface area contributed by atoms with E-state index in [0.29, 0.717) is 25.3 Å². The maximum absolute atomic E-state index is 11.5. The Hall–Kier alpha value is -1.47. The summed E-state index contributed by atoms with van der Waals surface area (Å²) in [6.45, 7) is 2.83. The zero-order chi connectivity index (χ0) is 12.8. The van der Waals surface area contributed by atoms with Crippen LogP contribution in [0, 0.1) is 0 Å². The molecule has 0 radical (unpaired) electrons. The minimum Gasteiger partial charge on any atom is -0.464 e. The topological polar surface area (TPSA) is 92.3 Å². The quantitative estimate of drug-likeness (QED) is 0.693. The normalized spacial score (nSPS) is 12.5. The molecule has 0 aliphatic carbocycles. The van der Waals surface area contributed by atoms with Crippen LogP contribution in [0.25, 0.3) is 0 Å². The Bertz CT molecular complexity index is 378. The van der Waals surface area contributed by atoms with Crippen LogP contribution in [0.4, 0.5) is 0 Å². The van der Waals surface area contributed by atoms with Crippen LogP contribution in [0.3, 0.4) is 0 Å². The van der Waals surface area contributed by atoms with Gasteiger partial charge in [0.05, 0.1) is 25.5 Å². The number of carbonyl (C=O) groups is 1. The molecule has 7 heteroatoms. The van der Waals surface area contributed by atoms with Crippen LogP contribution in [0.1, 0.15) is 29.1 Å². The second-order valence-electron chi connectivity index (χ2n) is 3.66. The van der Waals surface area contributed by atoms with Gasteiger partial charge in [-0.05, 0) is 13.5 Å². The first kappa shape index (κ1) is 13.6. The molecule has 1 heterocycles. The van der Waals surface area contributed by atoms with Crippen molar-refractivity contribution in [1.29, 1.82) is 0 Å². The molecule has 0 bridgehead atoms. The highest BCUT2D eigenvalue weighted by Gasteiger charge is 2.22. The Kier molecular flexibility index (Phi) is 5.05. The van der Waals surface area contributed by atoms with Gasteiger partial charge in [-0.15, -0.1) is 5.10 Å². The van der Waals surface area contributed by atoms with Crippen molar-refractivity contribution in [3.8, 4) is 0 Å². The van der Waals surface area contributed by atoms with Crippen molar-refractivity contribution in [3.05, 3.63) is 11.4 Å². The third-order valence-corrected chi connectivity index (χ3v) is 2.38. The van der Waals surface area contributed by atoms with Crippen LogP contribution >= 0.6 is 0 Å². The van der Waals surface area contributed by atoms with Crippen LogP contribution in [-0.4, -0.2) is 48.3 Å². The fourth-order valence-corrected chi connectivity index (χ4v) is 1.60. The maximum Gasteiger partial charge on any atom is 0.360 e. The third-order valence-electron chi connectivity index (χ3n) is 2.38. The molecule has 1 atom stereocenters. The number of ether oxygens (including phenoxy) is 2. The zero-order valence-electron chi connectivity index (χ0n) is 10.3. The van der Waals surface area contributed by atoms with Crippen molar-refractivity contribution >= 4 is 5.97 Å². The lowest BCUT2D eigenvalue weighted by Crippen LogP contribution is -2.19. The number of methoxy groups -OCH3 is 2. The summed E-state index contributed by atoms with van der Waals surface area (Å²) in [5.74, 6) is -0.496. The predicted molar refractivity (Wildman–Crippen MR) is 60.7 cm³/mol. The van der Waals surface area contributed by atoms with Gasteiger partial charge in [0.25, 0.3) is 0 Å². The molecule has 0 aromatic carbocycles. The molecule has 2 N–H and O–H groups in total. The van der Waals surface area contributed by atoms with Crippen LogP contribution in [-0.2, 0) is 15.9 Å². The highest BCUT2D eigenvalue weighted by Crippen LogP contribution is 2.13. The molecule has 0 amide bonds. The van der Waals surface area contributed by atoms with Crippen molar-refractivity contribution < 1.29 is 14.3 Å². The average molecular weight is 242 g/mol. The second kappa shape index (κ2) is 6.31. The minimum atomic E-state index is -0.496. The average Bonchev–Trinajstić information content (AvgIpc) is 2.73. The smallest absolute Gasteiger partial charge is 0.360 e. The number of hydrogen-bond acceptors (Lipinski definition) is 6. The van der Waals surface area contributed by atoms with Gasteiger partial charge < -0.3 is 15.2 Å². The molecule has 1 unspecified atom stereocenters. The zero-order valence-corrected chi connectivity index (χ0v) is 10.3. The van der Waals surface area contributed by atoms with Crippen LogP contribution in [0.15, 0.2) is 0 Å². The van der Waals surface area contributed by atoms with Gasteiger partial charge in [0.1, 0.15) is 0 Å². The molecule has 1 aromatic rings. The van der Waals surface area contributed by atoms with Gasteiger partial charge in [-0.3, -0.25) is 0 Å². The van der Waals surface area contributed by atoms with Gasteiger partial charge in [0, 0.05) is 13.5 Å². The van der Waals surface area contributed by atoms with Gasteiger partial charge >= 0.3 is 5.97 Å². The summed E-state index contributed by atoms with van der Waals surface area (Å²) in [5, 5.41) is 7.79. The van der Waals surface area contributed by atoms with Crippen LogP contribution < -0.4 is 5.73 Å². The molecule has 1 rings (SSSR count). The molecule has 0 aliphatic rings. The molecule has 17 heavy (non-hydrogen) atoms. The highest BCUT2D eigenvalue weighted by atomic mass is 16.5. The third kappa shape index (κ3) is 3.01. The number of carbonyl (C=O) groups excluding carboxylic acids is 1. The summed E-state index contributed by atoms with van der Waals surface area (Å²) in [6.07, 6.45) is 0.519. The number of esters is 1. The molecular formula is C10H18N4O3. The van der Waals surface area contributed by atoms with E-state index in [1.165, 1.54) is 7.11 Å². The highest BCUT2D eigenvalue weighted by molar-refractivity contribution is 5.88. The molecule has 7 nitrogen and oxygen atoms in total. The summed E-state index contributed by atoms with van der Waals surface area (Å²) in [4.78, 5) is 11.5. The lowest BCUT2D eigenvalue weighted by molar-refractivity contribution is 0.0592. The predicted octanol–water partition coefficient (Wildman–Crippen LogP) is -0.227.